The van der Waals surface area contributed by atoms with Crippen molar-refractivity contribution < 1.29 is 9.59 Å². The molecule has 0 spiro atoms. The standard InChI is InChI=1S/C24H31N3O2/c1-7-8-9-21(28)22-14(2)20(25-15(22)3)13-18-17-12-16(27-24(4,5)6)10-11-19(17)26-23(18)29/h10-13,25,27H,7-9H2,1-6H3,(H,26,29)/b18-13-. The highest BCUT2D eigenvalue weighted by molar-refractivity contribution is 6.35. The zero-order valence-corrected chi connectivity index (χ0v) is 18.2. The molecule has 0 saturated heterocycles. The lowest BCUT2D eigenvalue weighted by atomic mass is 9.99. The minimum absolute atomic E-state index is 0.0743. The molecule has 0 radical (unpaired) electrons. The summed E-state index contributed by atoms with van der Waals surface area (Å²) >= 11 is 0. The second-order valence-electron chi connectivity index (χ2n) is 8.84. The lowest BCUT2D eigenvalue weighted by Gasteiger charge is -2.22. The molecule has 5 nitrogen and oxygen atoms in total. The molecule has 5 heteroatoms. The minimum atomic E-state index is -0.126. The molecule has 0 bridgehead atoms. The Bertz CT molecular complexity index is 990. The molecule has 154 valence electrons. The number of amides is 1. The van der Waals surface area contributed by atoms with Crippen LogP contribution in [0.5, 0.6) is 0 Å². The van der Waals surface area contributed by atoms with Crippen LogP contribution in [0, 0.1) is 13.8 Å². The Morgan fingerprint density at radius 1 is 1.21 bits per heavy atom. The van der Waals surface area contributed by atoms with Gasteiger partial charge in [-0.25, -0.2) is 0 Å². The van der Waals surface area contributed by atoms with Gasteiger partial charge in [0.2, 0.25) is 0 Å². The van der Waals surface area contributed by atoms with Crippen molar-refractivity contribution in [2.75, 3.05) is 10.6 Å². The first-order valence-corrected chi connectivity index (χ1v) is 10.3. The van der Waals surface area contributed by atoms with Gasteiger partial charge in [-0.2, -0.15) is 0 Å². The molecular formula is C24H31N3O2. The minimum Gasteiger partial charge on any atom is -0.380 e. The third-order valence-electron chi connectivity index (χ3n) is 5.12. The van der Waals surface area contributed by atoms with Gasteiger partial charge in [-0.3, -0.25) is 9.59 Å². The molecular weight excluding hydrogens is 362 g/mol. The SMILES string of the molecule is CCCCC(=O)c1c(C)[nH]c(/C=C2\C(=O)Nc3ccc(NC(C)(C)C)cc32)c1C. The van der Waals surface area contributed by atoms with Crippen LogP contribution in [0.2, 0.25) is 0 Å². The highest BCUT2D eigenvalue weighted by atomic mass is 16.2. The Hall–Kier alpha value is -2.82. The molecule has 3 rings (SSSR count). The van der Waals surface area contributed by atoms with Crippen molar-refractivity contribution in [2.45, 2.75) is 66.3 Å². The maximum absolute atomic E-state index is 12.6. The number of aryl methyl sites for hydroxylation is 1. The molecule has 3 N–H and O–H groups in total. The molecule has 0 aliphatic carbocycles. The van der Waals surface area contributed by atoms with Crippen LogP contribution < -0.4 is 10.6 Å². The number of H-pyrrole nitrogens is 1. The van der Waals surface area contributed by atoms with E-state index in [1.807, 2.05) is 38.1 Å². The quantitative estimate of drug-likeness (QED) is 0.435. The van der Waals surface area contributed by atoms with E-state index in [0.717, 1.165) is 52.3 Å². The zero-order chi connectivity index (χ0) is 21.3. The number of hydrogen-bond donors (Lipinski definition) is 3. The monoisotopic (exact) mass is 393 g/mol. The van der Waals surface area contributed by atoms with Gasteiger partial charge in [0.15, 0.2) is 5.78 Å². The first-order valence-electron chi connectivity index (χ1n) is 10.3. The first kappa shape index (κ1) is 20.9. The number of aromatic nitrogens is 1. The summed E-state index contributed by atoms with van der Waals surface area (Å²) in [5.74, 6) is 0.0362. The van der Waals surface area contributed by atoms with Crippen LogP contribution in [0.4, 0.5) is 11.4 Å². The van der Waals surface area contributed by atoms with Gasteiger partial charge in [0.25, 0.3) is 5.91 Å². The molecule has 1 aliphatic rings. The van der Waals surface area contributed by atoms with E-state index in [2.05, 4.69) is 43.3 Å². The van der Waals surface area contributed by atoms with E-state index in [9.17, 15) is 9.59 Å². The third-order valence-corrected chi connectivity index (χ3v) is 5.12. The summed E-state index contributed by atoms with van der Waals surface area (Å²) in [6.45, 7) is 12.2. The number of rotatable bonds is 6. The van der Waals surface area contributed by atoms with Gasteiger partial charge in [0.1, 0.15) is 0 Å². The number of Topliss-reactive ketones (excluding diaryl/α,β-unsaturated/α-hetero) is 1. The van der Waals surface area contributed by atoms with E-state index < -0.39 is 0 Å². The summed E-state index contributed by atoms with van der Waals surface area (Å²) in [5, 5.41) is 6.38. The number of carbonyl (C=O) groups excluding carboxylic acids is 2. The summed E-state index contributed by atoms with van der Waals surface area (Å²) in [7, 11) is 0. The summed E-state index contributed by atoms with van der Waals surface area (Å²) in [6, 6.07) is 5.90. The molecule has 0 fully saturated rings. The maximum Gasteiger partial charge on any atom is 0.256 e. The van der Waals surface area contributed by atoms with Crippen molar-refractivity contribution in [3.05, 3.63) is 46.3 Å². The molecule has 0 saturated carbocycles. The number of ketones is 1. The van der Waals surface area contributed by atoms with E-state index in [1.54, 1.807) is 0 Å². The van der Waals surface area contributed by atoms with Crippen LogP contribution in [-0.2, 0) is 4.79 Å². The van der Waals surface area contributed by atoms with Gasteiger partial charge in [-0.15, -0.1) is 0 Å². The predicted octanol–water partition coefficient (Wildman–Crippen LogP) is 5.71. The van der Waals surface area contributed by atoms with Crippen LogP contribution in [0.25, 0.3) is 11.6 Å². The summed E-state index contributed by atoms with van der Waals surface area (Å²) in [5.41, 5.74) is 6.51. The lowest BCUT2D eigenvalue weighted by Crippen LogP contribution is -2.25. The Morgan fingerprint density at radius 2 is 1.93 bits per heavy atom. The predicted molar refractivity (Wildman–Crippen MR) is 120 cm³/mol. The van der Waals surface area contributed by atoms with Crippen LogP contribution in [-0.4, -0.2) is 22.2 Å². The number of nitrogens with one attached hydrogen (secondary N) is 3. The number of benzene rings is 1. The second kappa shape index (κ2) is 7.90. The largest absolute Gasteiger partial charge is 0.380 e. The summed E-state index contributed by atoms with van der Waals surface area (Å²) in [6.07, 6.45) is 4.30. The molecule has 0 unspecified atom stereocenters. The fourth-order valence-corrected chi connectivity index (χ4v) is 3.79. The lowest BCUT2D eigenvalue weighted by molar-refractivity contribution is -0.110. The van der Waals surface area contributed by atoms with Crippen LogP contribution >= 0.6 is 0 Å². The first-order chi connectivity index (χ1) is 13.6. The van der Waals surface area contributed by atoms with Gasteiger partial charge >= 0.3 is 0 Å². The van der Waals surface area contributed by atoms with Crippen molar-refractivity contribution in [2.24, 2.45) is 0 Å². The molecule has 1 aromatic carbocycles. The van der Waals surface area contributed by atoms with Crippen LogP contribution in [0.3, 0.4) is 0 Å². The Morgan fingerprint density at radius 3 is 2.59 bits per heavy atom. The third kappa shape index (κ3) is 4.44. The Balaban J connectivity index is 1.99. The maximum atomic E-state index is 12.6. The topological polar surface area (TPSA) is 74.0 Å². The number of carbonyl (C=O) groups is 2. The van der Waals surface area contributed by atoms with Crippen molar-refractivity contribution in [3.8, 4) is 0 Å². The van der Waals surface area contributed by atoms with E-state index >= 15 is 0 Å². The highest BCUT2D eigenvalue weighted by Crippen LogP contribution is 2.36. The number of anilines is 2. The number of unbranched alkanes of at least 4 members (excludes halogenated alkanes) is 1. The van der Waals surface area contributed by atoms with Gasteiger partial charge < -0.3 is 15.6 Å². The second-order valence-corrected chi connectivity index (χ2v) is 8.84. The van der Waals surface area contributed by atoms with Gasteiger partial charge in [0.05, 0.1) is 5.57 Å². The molecule has 29 heavy (non-hydrogen) atoms. The molecule has 1 aromatic heterocycles. The molecule has 0 atom stereocenters. The molecule has 1 aliphatic heterocycles. The van der Waals surface area contributed by atoms with E-state index in [-0.39, 0.29) is 17.2 Å². The average molecular weight is 394 g/mol. The number of hydrogen-bond acceptors (Lipinski definition) is 3. The molecule has 1 amide bonds. The fraction of sp³-hybridized carbons (Fsp3) is 0.417. The van der Waals surface area contributed by atoms with Crippen LogP contribution in [0.15, 0.2) is 18.2 Å². The van der Waals surface area contributed by atoms with E-state index in [1.165, 1.54) is 0 Å². The fourth-order valence-electron chi connectivity index (χ4n) is 3.79. The number of fused-ring (bicyclic) bond motifs is 1. The zero-order valence-electron chi connectivity index (χ0n) is 18.2. The van der Waals surface area contributed by atoms with Gasteiger partial charge in [-0.05, 0) is 70.9 Å². The van der Waals surface area contributed by atoms with Crippen molar-refractivity contribution in [1.29, 1.82) is 0 Å². The van der Waals surface area contributed by atoms with E-state index in [4.69, 9.17) is 0 Å². The Labute approximate surface area is 173 Å². The van der Waals surface area contributed by atoms with E-state index in [0.29, 0.717) is 12.0 Å². The van der Waals surface area contributed by atoms with Crippen molar-refractivity contribution in [1.82, 2.24) is 4.98 Å². The van der Waals surface area contributed by atoms with Gasteiger partial charge in [-0.1, -0.05) is 13.3 Å². The highest BCUT2D eigenvalue weighted by Gasteiger charge is 2.26. The summed E-state index contributed by atoms with van der Waals surface area (Å²) < 4.78 is 0. The smallest absolute Gasteiger partial charge is 0.256 e. The normalized spacial score (nSPS) is 14.8. The van der Waals surface area contributed by atoms with Gasteiger partial charge in [0, 0.05) is 45.8 Å². The molecule has 2 heterocycles. The summed E-state index contributed by atoms with van der Waals surface area (Å²) in [4.78, 5) is 28.5. The number of aromatic amines is 1. The van der Waals surface area contributed by atoms with Crippen LogP contribution in [0.1, 0.15) is 79.8 Å². The van der Waals surface area contributed by atoms with Crippen molar-refractivity contribution in [3.63, 3.8) is 0 Å². The molecule has 2 aromatic rings. The Kier molecular flexibility index (Phi) is 5.69. The van der Waals surface area contributed by atoms with Crippen molar-refractivity contribution >= 4 is 34.7 Å². The average Bonchev–Trinajstić information content (AvgIpc) is 3.08.